The van der Waals surface area contributed by atoms with Crippen LogP contribution >= 0.6 is 31.9 Å². The molecular formula is C14H14Br2N2. The summed E-state index contributed by atoms with van der Waals surface area (Å²) < 4.78 is 2.20. The fraction of sp³-hybridized carbons (Fsp3) is 0.214. The number of aromatic nitrogens is 1. The highest BCUT2D eigenvalue weighted by molar-refractivity contribution is 9.11. The van der Waals surface area contributed by atoms with Gasteiger partial charge in [-0.1, -0.05) is 37.9 Å². The molecule has 0 aliphatic heterocycles. The first kappa shape index (κ1) is 13.7. The van der Waals surface area contributed by atoms with Crippen molar-refractivity contribution in [3.8, 4) is 0 Å². The number of benzene rings is 1. The van der Waals surface area contributed by atoms with E-state index in [9.17, 15) is 0 Å². The minimum atomic E-state index is 0.242. The molecule has 1 unspecified atom stereocenters. The molecule has 0 aliphatic carbocycles. The van der Waals surface area contributed by atoms with E-state index >= 15 is 0 Å². The van der Waals surface area contributed by atoms with Gasteiger partial charge in [-0.2, -0.15) is 0 Å². The predicted molar refractivity (Wildman–Crippen MR) is 81.6 cm³/mol. The Hall–Kier alpha value is -0.710. The lowest BCUT2D eigenvalue weighted by atomic mass is 10.0. The van der Waals surface area contributed by atoms with Gasteiger partial charge in [0.15, 0.2) is 0 Å². The molecule has 1 aromatic carbocycles. The third kappa shape index (κ3) is 3.40. The van der Waals surface area contributed by atoms with Crippen molar-refractivity contribution in [3.63, 3.8) is 0 Å². The monoisotopic (exact) mass is 368 g/mol. The molecule has 0 spiro atoms. The van der Waals surface area contributed by atoms with Gasteiger partial charge in [-0.05, 0) is 42.9 Å². The normalized spacial score (nSPS) is 12.4. The molecule has 18 heavy (non-hydrogen) atoms. The summed E-state index contributed by atoms with van der Waals surface area (Å²) >= 11 is 7.12. The van der Waals surface area contributed by atoms with Gasteiger partial charge >= 0.3 is 0 Å². The number of hydrogen-bond acceptors (Lipinski definition) is 2. The number of rotatable bonds is 4. The third-order valence-electron chi connectivity index (χ3n) is 2.82. The number of pyridine rings is 1. The van der Waals surface area contributed by atoms with Gasteiger partial charge < -0.3 is 5.32 Å². The van der Waals surface area contributed by atoms with E-state index in [0.717, 1.165) is 21.1 Å². The summed E-state index contributed by atoms with van der Waals surface area (Å²) in [5.41, 5.74) is 2.32. The van der Waals surface area contributed by atoms with Crippen molar-refractivity contribution < 1.29 is 0 Å². The van der Waals surface area contributed by atoms with Crippen LogP contribution in [-0.4, -0.2) is 12.0 Å². The Labute approximate surface area is 124 Å². The second-order valence-corrected chi connectivity index (χ2v) is 5.80. The van der Waals surface area contributed by atoms with Crippen molar-refractivity contribution in [1.29, 1.82) is 0 Å². The highest BCUT2D eigenvalue weighted by atomic mass is 79.9. The van der Waals surface area contributed by atoms with Crippen LogP contribution < -0.4 is 5.32 Å². The van der Waals surface area contributed by atoms with Gasteiger partial charge in [0, 0.05) is 33.3 Å². The van der Waals surface area contributed by atoms with Gasteiger partial charge in [0.25, 0.3) is 0 Å². The molecule has 1 heterocycles. The summed E-state index contributed by atoms with van der Waals surface area (Å²) in [6.07, 6.45) is 2.70. The predicted octanol–water partition coefficient (Wildman–Crippen LogP) is 4.11. The van der Waals surface area contributed by atoms with E-state index in [1.54, 1.807) is 0 Å². The summed E-state index contributed by atoms with van der Waals surface area (Å²) in [6.45, 7) is 0. The van der Waals surface area contributed by atoms with Crippen molar-refractivity contribution in [3.05, 3.63) is 62.8 Å². The van der Waals surface area contributed by atoms with Crippen LogP contribution in [0.15, 0.2) is 51.5 Å². The Morgan fingerprint density at radius 2 is 2.06 bits per heavy atom. The maximum Gasteiger partial charge on any atom is 0.0422 e. The highest BCUT2D eigenvalue weighted by Crippen LogP contribution is 2.28. The second kappa shape index (κ2) is 6.45. The van der Waals surface area contributed by atoms with Crippen LogP contribution in [0.5, 0.6) is 0 Å². The standard InChI is InChI=1S/C14H14Br2N2/c1-17-14(9-11-4-2-3-7-18-11)12-8-10(15)5-6-13(12)16/h2-8,14,17H,9H2,1H3. The summed E-state index contributed by atoms with van der Waals surface area (Å²) in [7, 11) is 1.97. The first-order chi connectivity index (χ1) is 8.70. The third-order valence-corrected chi connectivity index (χ3v) is 4.04. The molecule has 1 aromatic heterocycles. The molecule has 1 N–H and O–H groups in total. The minimum Gasteiger partial charge on any atom is -0.313 e. The van der Waals surface area contributed by atoms with Crippen molar-refractivity contribution in [2.24, 2.45) is 0 Å². The van der Waals surface area contributed by atoms with Gasteiger partial charge in [-0.3, -0.25) is 4.98 Å². The number of halogens is 2. The number of nitrogens with one attached hydrogen (secondary N) is 1. The molecule has 2 nitrogen and oxygen atoms in total. The number of likely N-dealkylation sites (N-methyl/N-ethyl adjacent to an activating group) is 1. The van der Waals surface area contributed by atoms with Gasteiger partial charge in [-0.25, -0.2) is 0 Å². The molecule has 0 saturated carbocycles. The van der Waals surface area contributed by atoms with E-state index in [1.165, 1.54) is 5.56 Å². The lowest BCUT2D eigenvalue weighted by Crippen LogP contribution is -2.19. The van der Waals surface area contributed by atoms with Gasteiger partial charge in [0.1, 0.15) is 0 Å². The average Bonchev–Trinajstić information content (AvgIpc) is 2.40. The summed E-state index contributed by atoms with van der Waals surface area (Å²) in [5, 5.41) is 3.34. The van der Waals surface area contributed by atoms with E-state index < -0.39 is 0 Å². The molecule has 4 heteroatoms. The van der Waals surface area contributed by atoms with Crippen molar-refractivity contribution in [1.82, 2.24) is 10.3 Å². The van der Waals surface area contributed by atoms with E-state index in [1.807, 2.05) is 31.4 Å². The SMILES string of the molecule is CNC(Cc1ccccn1)c1cc(Br)ccc1Br. The maximum atomic E-state index is 4.38. The molecule has 94 valence electrons. The fourth-order valence-corrected chi connectivity index (χ4v) is 2.78. The molecule has 1 atom stereocenters. The van der Waals surface area contributed by atoms with Crippen molar-refractivity contribution >= 4 is 31.9 Å². The molecular weight excluding hydrogens is 356 g/mol. The molecule has 2 rings (SSSR count). The van der Waals surface area contributed by atoms with Crippen LogP contribution in [0.25, 0.3) is 0 Å². The van der Waals surface area contributed by atoms with E-state index in [4.69, 9.17) is 0 Å². The molecule has 0 aliphatic rings. The zero-order chi connectivity index (χ0) is 13.0. The van der Waals surface area contributed by atoms with Gasteiger partial charge in [0.05, 0.1) is 0 Å². The lowest BCUT2D eigenvalue weighted by molar-refractivity contribution is 0.582. The number of nitrogens with zero attached hydrogens (tertiary/aromatic N) is 1. The summed E-state index contributed by atoms with van der Waals surface area (Å²) in [6, 6.07) is 12.5. The van der Waals surface area contributed by atoms with E-state index in [2.05, 4.69) is 60.4 Å². The summed E-state index contributed by atoms with van der Waals surface area (Å²) in [4.78, 5) is 4.38. The minimum absolute atomic E-state index is 0.242. The zero-order valence-corrected chi connectivity index (χ0v) is 13.2. The molecule has 2 aromatic rings. The van der Waals surface area contributed by atoms with Crippen LogP contribution in [0.4, 0.5) is 0 Å². The van der Waals surface area contributed by atoms with Gasteiger partial charge in [0.2, 0.25) is 0 Å². The topological polar surface area (TPSA) is 24.9 Å². The fourth-order valence-electron chi connectivity index (χ4n) is 1.88. The van der Waals surface area contributed by atoms with Crippen LogP contribution in [0.1, 0.15) is 17.3 Å². The molecule has 0 bridgehead atoms. The smallest absolute Gasteiger partial charge is 0.0422 e. The second-order valence-electron chi connectivity index (χ2n) is 4.03. The van der Waals surface area contributed by atoms with E-state index in [-0.39, 0.29) is 6.04 Å². The van der Waals surface area contributed by atoms with Crippen molar-refractivity contribution in [2.45, 2.75) is 12.5 Å². The van der Waals surface area contributed by atoms with Crippen LogP contribution in [0.3, 0.4) is 0 Å². The Morgan fingerprint density at radius 1 is 1.22 bits per heavy atom. The largest absolute Gasteiger partial charge is 0.313 e. The Balaban J connectivity index is 2.26. The van der Waals surface area contributed by atoms with Gasteiger partial charge in [-0.15, -0.1) is 0 Å². The van der Waals surface area contributed by atoms with Crippen LogP contribution in [0.2, 0.25) is 0 Å². The van der Waals surface area contributed by atoms with Crippen molar-refractivity contribution in [2.75, 3.05) is 7.05 Å². The molecule has 0 saturated heterocycles. The first-order valence-corrected chi connectivity index (χ1v) is 7.31. The molecule has 0 fully saturated rings. The van der Waals surface area contributed by atoms with Crippen LogP contribution in [0, 0.1) is 0 Å². The molecule has 0 radical (unpaired) electrons. The molecule has 0 amide bonds. The quantitative estimate of drug-likeness (QED) is 0.877. The van der Waals surface area contributed by atoms with Crippen LogP contribution in [-0.2, 0) is 6.42 Å². The van der Waals surface area contributed by atoms with E-state index in [0.29, 0.717) is 0 Å². The highest BCUT2D eigenvalue weighted by Gasteiger charge is 2.14. The number of hydrogen-bond donors (Lipinski definition) is 1. The first-order valence-electron chi connectivity index (χ1n) is 5.73. The maximum absolute atomic E-state index is 4.38. The summed E-state index contributed by atoms with van der Waals surface area (Å²) in [5.74, 6) is 0. The Morgan fingerprint density at radius 3 is 2.72 bits per heavy atom. The zero-order valence-electron chi connectivity index (χ0n) is 10.0. The lowest BCUT2D eigenvalue weighted by Gasteiger charge is -2.18. The average molecular weight is 370 g/mol. The Bertz CT molecular complexity index is 514. The Kier molecular flexibility index (Phi) is 4.92.